The van der Waals surface area contributed by atoms with Gasteiger partial charge in [0.2, 0.25) is 0 Å². The van der Waals surface area contributed by atoms with Gasteiger partial charge in [0.15, 0.2) is 0 Å². The van der Waals surface area contributed by atoms with Gasteiger partial charge in [-0.1, -0.05) is 23.2 Å². The van der Waals surface area contributed by atoms with E-state index in [-0.39, 0.29) is 35.7 Å². The van der Waals surface area contributed by atoms with Crippen molar-refractivity contribution in [1.29, 1.82) is 0 Å². The predicted octanol–water partition coefficient (Wildman–Crippen LogP) is 5.66. The van der Waals surface area contributed by atoms with Crippen molar-refractivity contribution in [3.63, 3.8) is 0 Å². The Labute approximate surface area is 247 Å². The number of piperidine rings is 2. The maximum absolute atomic E-state index is 14.2. The number of anilines is 1. The smallest absolute Gasteiger partial charge is 0.430 e. The first-order chi connectivity index (χ1) is 19.4. The van der Waals surface area contributed by atoms with Crippen LogP contribution in [0.15, 0.2) is 36.4 Å². The third kappa shape index (κ3) is 6.70. The molecule has 2 amide bonds. The molecule has 2 fully saturated rings. The Morgan fingerprint density at radius 2 is 1.61 bits per heavy atom. The van der Waals surface area contributed by atoms with Crippen LogP contribution in [0.5, 0.6) is 5.75 Å². The number of hydrogen-bond donors (Lipinski definition) is 2. The van der Waals surface area contributed by atoms with E-state index in [1.807, 2.05) is 6.07 Å². The molecule has 0 unspecified atom stereocenters. The third-order valence-electron chi connectivity index (χ3n) is 8.22. The first kappa shape index (κ1) is 31.3. The summed E-state index contributed by atoms with van der Waals surface area (Å²) in [6.07, 6.45) is -1.28. The lowest BCUT2D eigenvalue weighted by Crippen LogP contribution is -2.57. The van der Waals surface area contributed by atoms with Crippen LogP contribution in [-0.4, -0.2) is 68.3 Å². The number of halogens is 5. The molecule has 4 rings (SSSR count). The molecule has 2 aromatic rings. The van der Waals surface area contributed by atoms with E-state index < -0.39 is 23.2 Å². The fourth-order valence-electron chi connectivity index (χ4n) is 5.82. The zero-order chi connectivity index (χ0) is 29.9. The maximum atomic E-state index is 14.2. The molecule has 2 aromatic carbocycles. The summed E-state index contributed by atoms with van der Waals surface area (Å²) in [5.74, 6) is -0.882. The fraction of sp³-hybridized carbons (Fsp3) is 0.517. The van der Waals surface area contributed by atoms with Gasteiger partial charge in [0.05, 0.1) is 17.7 Å². The molecule has 0 radical (unpaired) electrons. The van der Waals surface area contributed by atoms with E-state index >= 15 is 0 Å². The molecule has 224 valence electrons. The Bertz CT molecular complexity index is 1260. The minimum atomic E-state index is -5.25. The molecular formula is C29H34Cl2F3N3O4. The number of amides is 2. The summed E-state index contributed by atoms with van der Waals surface area (Å²) in [6.45, 7) is 1.93. The number of nitrogens with zero attached hydrogens (tertiary/aromatic N) is 2. The highest BCUT2D eigenvalue weighted by molar-refractivity contribution is 6.34. The van der Waals surface area contributed by atoms with Crippen LogP contribution in [-0.2, 0) is 10.4 Å². The first-order valence-corrected chi connectivity index (χ1v) is 14.3. The monoisotopic (exact) mass is 615 g/mol. The van der Waals surface area contributed by atoms with Crippen molar-refractivity contribution in [3.8, 4) is 5.75 Å². The van der Waals surface area contributed by atoms with Gasteiger partial charge in [-0.05, 0) is 80.3 Å². The zero-order valence-corrected chi connectivity index (χ0v) is 24.5. The molecule has 2 aliphatic rings. The molecule has 2 N–H and O–H groups in total. The lowest BCUT2D eigenvalue weighted by Gasteiger charge is -2.40. The van der Waals surface area contributed by atoms with E-state index in [2.05, 4.69) is 10.2 Å². The van der Waals surface area contributed by atoms with E-state index in [1.54, 1.807) is 19.2 Å². The topological polar surface area (TPSA) is 82.1 Å². The fourth-order valence-corrected chi connectivity index (χ4v) is 6.30. The molecule has 0 bridgehead atoms. The lowest BCUT2D eigenvalue weighted by atomic mass is 9.82. The van der Waals surface area contributed by atoms with Gasteiger partial charge in [-0.3, -0.25) is 9.59 Å². The number of alkyl halides is 3. The Hall–Kier alpha value is -2.69. The van der Waals surface area contributed by atoms with Crippen LogP contribution in [0.4, 0.5) is 18.9 Å². The minimum absolute atomic E-state index is 0.0109. The van der Waals surface area contributed by atoms with Gasteiger partial charge in [-0.25, -0.2) is 0 Å². The second kappa shape index (κ2) is 12.7. The van der Waals surface area contributed by atoms with Crippen molar-refractivity contribution >= 4 is 40.7 Å². The van der Waals surface area contributed by atoms with Crippen molar-refractivity contribution in [2.45, 2.75) is 43.9 Å². The average Bonchev–Trinajstić information content (AvgIpc) is 2.95. The van der Waals surface area contributed by atoms with E-state index in [9.17, 15) is 27.9 Å². The van der Waals surface area contributed by atoms with Crippen LogP contribution < -0.4 is 15.0 Å². The summed E-state index contributed by atoms with van der Waals surface area (Å²) in [6, 6.07) is 8.66. The van der Waals surface area contributed by atoms with Crippen molar-refractivity contribution < 1.29 is 32.6 Å². The van der Waals surface area contributed by atoms with Crippen LogP contribution >= 0.6 is 23.2 Å². The van der Waals surface area contributed by atoms with Crippen molar-refractivity contribution in [3.05, 3.63) is 57.6 Å². The summed E-state index contributed by atoms with van der Waals surface area (Å²) in [5, 5.41) is 13.7. The van der Waals surface area contributed by atoms with Gasteiger partial charge < -0.3 is 25.0 Å². The lowest BCUT2D eigenvalue weighted by molar-refractivity contribution is -0.262. The molecule has 2 aliphatic heterocycles. The summed E-state index contributed by atoms with van der Waals surface area (Å²) in [5.41, 5.74) is -3.01. The summed E-state index contributed by atoms with van der Waals surface area (Å²) >= 11 is 12.3. The van der Waals surface area contributed by atoms with Crippen LogP contribution in [0, 0.1) is 11.8 Å². The predicted molar refractivity (Wildman–Crippen MR) is 152 cm³/mol. The molecule has 2 heterocycles. The molecule has 7 nitrogen and oxygen atoms in total. The standard InChI is InChI=1S/C29H34Cl2F3N3O4/c1-35-26(38)24-4-3-22(17-25(24)31)36-9-5-18(6-10-36)13-19-7-11-37(12-8-19)27(39)28(40,29(32,33)34)20-14-21(30)16-23(15-20)41-2/h3-4,14-19,40H,5-13H2,1-2H3,(H,35,38)/t28-/m1/s1. The number of likely N-dealkylation sites (tertiary alicyclic amines) is 1. The number of aliphatic hydroxyl groups is 1. The maximum Gasteiger partial charge on any atom is 0.430 e. The van der Waals surface area contributed by atoms with Gasteiger partial charge in [0.1, 0.15) is 5.75 Å². The SMILES string of the molecule is CNC(=O)c1ccc(N2CCC(CC3CCN(C(=O)[C@](O)(c4cc(Cl)cc(OC)c4)C(F)(F)F)CC3)CC2)cc1Cl. The van der Waals surface area contributed by atoms with Crippen molar-refractivity contribution in [1.82, 2.24) is 10.2 Å². The number of carbonyl (C=O) groups excluding carboxylic acids is 2. The Morgan fingerprint density at radius 3 is 2.15 bits per heavy atom. The highest BCUT2D eigenvalue weighted by Crippen LogP contribution is 2.43. The largest absolute Gasteiger partial charge is 0.497 e. The molecule has 1 atom stereocenters. The van der Waals surface area contributed by atoms with E-state index in [0.717, 1.165) is 55.1 Å². The third-order valence-corrected chi connectivity index (χ3v) is 8.75. The minimum Gasteiger partial charge on any atom is -0.497 e. The number of nitrogens with one attached hydrogen (secondary N) is 1. The Morgan fingerprint density at radius 1 is 1.00 bits per heavy atom. The molecule has 41 heavy (non-hydrogen) atoms. The van der Waals surface area contributed by atoms with Gasteiger partial charge in [-0.15, -0.1) is 0 Å². The van der Waals surface area contributed by atoms with Gasteiger partial charge in [0, 0.05) is 49.5 Å². The second-order valence-electron chi connectivity index (χ2n) is 10.7. The quantitative estimate of drug-likeness (QED) is 0.420. The molecule has 0 saturated carbocycles. The number of ether oxygens (including phenoxy) is 1. The Kier molecular flexibility index (Phi) is 9.66. The normalized spacial score (nSPS) is 18.6. The number of carbonyl (C=O) groups is 2. The van der Waals surface area contributed by atoms with E-state index in [1.165, 1.54) is 13.2 Å². The van der Waals surface area contributed by atoms with Crippen molar-refractivity contribution in [2.75, 3.05) is 45.2 Å². The molecular weight excluding hydrogens is 582 g/mol. The highest BCUT2D eigenvalue weighted by atomic mass is 35.5. The molecule has 12 heteroatoms. The number of hydrogen-bond acceptors (Lipinski definition) is 5. The van der Waals surface area contributed by atoms with E-state index in [4.69, 9.17) is 27.9 Å². The summed E-state index contributed by atoms with van der Waals surface area (Å²) < 4.78 is 47.6. The first-order valence-electron chi connectivity index (χ1n) is 13.6. The average molecular weight is 617 g/mol. The van der Waals surface area contributed by atoms with E-state index in [0.29, 0.717) is 29.3 Å². The number of benzene rings is 2. The summed E-state index contributed by atoms with van der Waals surface area (Å²) in [4.78, 5) is 28.4. The van der Waals surface area contributed by atoms with Crippen LogP contribution in [0.25, 0.3) is 0 Å². The van der Waals surface area contributed by atoms with Gasteiger partial charge in [-0.2, -0.15) is 13.2 Å². The van der Waals surface area contributed by atoms with Crippen molar-refractivity contribution in [2.24, 2.45) is 11.8 Å². The van der Waals surface area contributed by atoms with Crippen LogP contribution in [0.1, 0.15) is 48.0 Å². The van der Waals surface area contributed by atoms with Crippen LogP contribution in [0.2, 0.25) is 10.0 Å². The van der Waals surface area contributed by atoms with Gasteiger partial charge >= 0.3 is 6.18 Å². The second-order valence-corrected chi connectivity index (χ2v) is 11.6. The summed E-state index contributed by atoms with van der Waals surface area (Å²) in [7, 11) is 2.82. The molecule has 0 aromatic heterocycles. The Balaban J connectivity index is 1.33. The zero-order valence-electron chi connectivity index (χ0n) is 22.9. The highest BCUT2D eigenvalue weighted by Gasteiger charge is 2.62. The van der Waals surface area contributed by atoms with Crippen LogP contribution in [0.3, 0.4) is 0 Å². The number of rotatable bonds is 7. The molecule has 0 spiro atoms. The van der Waals surface area contributed by atoms with Gasteiger partial charge in [0.25, 0.3) is 17.4 Å². The molecule has 0 aliphatic carbocycles. The number of methoxy groups -OCH3 is 1. The molecule has 2 saturated heterocycles.